The molecular weight excluding hydrogens is 475 g/mol. The van der Waals surface area contributed by atoms with Crippen molar-refractivity contribution in [1.82, 2.24) is 25.5 Å². The van der Waals surface area contributed by atoms with Crippen molar-refractivity contribution in [2.75, 3.05) is 18.1 Å². The van der Waals surface area contributed by atoms with E-state index in [1.165, 1.54) is 0 Å². The lowest BCUT2D eigenvalue weighted by atomic mass is 9.82. The molecule has 2 aromatic heterocycles. The highest BCUT2D eigenvalue weighted by Crippen LogP contribution is 2.40. The molecule has 7 rings (SSSR count). The third kappa shape index (κ3) is 4.22. The molecule has 0 amide bonds. The number of fused-ring (bicyclic) bond motifs is 3. The fourth-order valence-electron chi connectivity index (χ4n) is 5.91. The van der Waals surface area contributed by atoms with Gasteiger partial charge in [-0.15, -0.1) is 10.2 Å². The zero-order valence-electron chi connectivity index (χ0n) is 20.4. The maximum atomic E-state index is 15.5. The highest BCUT2D eigenvalue weighted by Gasteiger charge is 2.47. The average Bonchev–Trinajstić information content (AvgIpc) is 3.77. The van der Waals surface area contributed by atoms with Crippen molar-refractivity contribution < 1.29 is 19.0 Å². The number of nitrogens with zero attached hydrogens (tertiary/aromatic N) is 5. The van der Waals surface area contributed by atoms with E-state index in [9.17, 15) is 5.11 Å². The molecule has 192 valence electrons. The van der Waals surface area contributed by atoms with Crippen molar-refractivity contribution in [2.45, 2.75) is 68.9 Å². The van der Waals surface area contributed by atoms with Gasteiger partial charge in [0.15, 0.2) is 5.75 Å². The zero-order chi connectivity index (χ0) is 24.9. The zero-order valence-corrected chi connectivity index (χ0v) is 20.4. The van der Waals surface area contributed by atoms with Crippen molar-refractivity contribution in [2.24, 2.45) is 0 Å². The predicted octanol–water partition coefficient (Wildman–Crippen LogP) is 3.67. The summed E-state index contributed by atoms with van der Waals surface area (Å²) in [6.45, 7) is 0.960. The van der Waals surface area contributed by atoms with E-state index in [1.54, 1.807) is 24.5 Å². The molecule has 0 spiro atoms. The van der Waals surface area contributed by atoms with E-state index in [4.69, 9.17) is 9.47 Å². The fraction of sp³-hybridized carbons (Fsp3) is 0.481. The number of benzene rings is 1. The van der Waals surface area contributed by atoms with E-state index in [0.29, 0.717) is 48.1 Å². The van der Waals surface area contributed by atoms with Gasteiger partial charge in [-0.25, -0.2) is 14.4 Å². The Morgan fingerprint density at radius 2 is 1.86 bits per heavy atom. The number of rotatable bonds is 5. The first kappa shape index (κ1) is 22.7. The number of aromatic nitrogens is 4. The molecule has 3 fully saturated rings. The second-order valence-electron chi connectivity index (χ2n) is 10.4. The molecule has 4 atom stereocenters. The second kappa shape index (κ2) is 9.09. The number of phenolic OH excluding ortho intramolecular Hbond substituents is 1. The Kier molecular flexibility index (Phi) is 5.57. The first-order valence-corrected chi connectivity index (χ1v) is 13.1. The normalized spacial score (nSPS) is 26.5. The second-order valence-corrected chi connectivity index (χ2v) is 10.4. The lowest BCUT2D eigenvalue weighted by Gasteiger charge is -2.46. The van der Waals surface area contributed by atoms with E-state index < -0.39 is 6.17 Å². The van der Waals surface area contributed by atoms with Crippen LogP contribution < -0.4 is 19.7 Å². The van der Waals surface area contributed by atoms with Crippen LogP contribution in [0.2, 0.25) is 0 Å². The minimum Gasteiger partial charge on any atom is -0.507 e. The molecular formula is C27H29FN6O3. The summed E-state index contributed by atoms with van der Waals surface area (Å²) >= 11 is 0. The van der Waals surface area contributed by atoms with Gasteiger partial charge in [-0.1, -0.05) is 12.5 Å². The van der Waals surface area contributed by atoms with Gasteiger partial charge in [-0.3, -0.25) is 0 Å². The number of alkyl halides is 1. The number of anilines is 1. The molecule has 0 radical (unpaired) electrons. The van der Waals surface area contributed by atoms with Gasteiger partial charge < -0.3 is 24.8 Å². The first-order valence-electron chi connectivity index (χ1n) is 13.1. The molecule has 9 nitrogen and oxygen atoms in total. The Hall–Kier alpha value is -3.53. The summed E-state index contributed by atoms with van der Waals surface area (Å²) in [5.41, 5.74) is 2.58. The van der Waals surface area contributed by atoms with Crippen molar-refractivity contribution in [3.8, 4) is 39.8 Å². The van der Waals surface area contributed by atoms with Gasteiger partial charge in [-0.05, 0) is 55.9 Å². The molecule has 0 unspecified atom stereocenters. The van der Waals surface area contributed by atoms with Gasteiger partial charge in [0, 0.05) is 35.4 Å². The van der Waals surface area contributed by atoms with Gasteiger partial charge in [0.2, 0.25) is 5.95 Å². The fourth-order valence-corrected chi connectivity index (χ4v) is 5.91. The molecule has 4 aliphatic rings. The molecule has 2 bridgehead atoms. The Labute approximate surface area is 214 Å². The Bertz CT molecular complexity index is 1300. The standard InChI is InChI=1S/C27H29FN6O3/c28-25-20-3-1-2-17(31-20)12-22(25)34(18-5-6-18)27-30-14-21(32-33-27)19-7-4-15(10-23(19)35)16-11-24-26(29-13-16)37-9-8-36-24/h4,7,10-11,13-14,17-18,20,22,25,31,35H,1-3,5-6,8-9,12H2/t17-,20-,22+,25-/m0/s1. The molecule has 37 heavy (non-hydrogen) atoms. The van der Waals surface area contributed by atoms with Crippen LogP contribution in [0.3, 0.4) is 0 Å². The molecule has 5 heterocycles. The number of piperidine rings is 2. The van der Waals surface area contributed by atoms with E-state index >= 15 is 4.39 Å². The number of hydrogen-bond acceptors (Lipinski definition) is 9. The molecule has 10 heteroatoms. The molecule has 2 saturated heterocycles. The minimum absolute atomic E-state index is 0.0605. The van der Waals surface area contributed by atoms with Crippen LogP contribution in [0.5, 0.6) is 17.4 Å². The van der Waals surface area contributed by atoms with Crippen LogP contribution in [0.1, 0.15) is 38.5 Å². The van der Waals surface area contributed by atoms with Crippen LogP contribution in [-0.2, 0) is 0 Å². The van der Waals surface area contributed by atoms with Crippen molar-refractivity contribution in [3.63, 3.8) is 0 Å². The topological polar surface area (TPSA) is 106 Å². The van der Waals surface area contributed by atoms with Crippen LogP contribution in [0.15, 0.2) is 36.7 Å². The van der Waals surface area contributed by atoms with Gasteiger partial charge in [-0.2, -0.15) is 0 Å². The molecule has 2 N–H and O–H groups in total. The maximum Gasteiger partial charge on any atom is 0.257 e. The number of ether oxygens (including phenoxy) is 2. The number of hydrogen-bond donors (Lipinski definition) is 2. The maximum absolute atomic E-state index is 15.5. The number of nitrogens with one attached hydrogen (secondary N) is 1. The molecule has 1 saturated carbocycles. The number of halogens is 1. The number of aromatic hydroxyl groups is 1. The van der Waals surface area contributed by atoms with Crippen LogP contribution in [0.4, 0.5) is 10.3 Å². The quantitative estimate of drug-likeness (QED) is 0.538. The summed E-state index contributed by atoms with van der Waals surface area (Å²) in [6.07, 6.45) is 8.21. The third-order valence-electron chi connectivity index (χ3n) is 7.88. The van der Waals surface area contributed by atoms with Crippen molar-refractivity contribution in [1.29, 1.82) is 0 Å². The highest BCUT2D eigenvalue weighted by molar-refractivity contribution is 5.74. The van der Waals surface area contributed by atoms with Gasteiger partial charge >= 0.3 is 0 Å². The molecule has 1 aromatic carbocycles. The van der Waals surface area contributed by atoms with E-state index in [-0.39, 0.29) is 23.9 Å². The predicted molar refractivity (Wildman–Crippen MR) is 135 cm³/mol. The number of pyridine rings is 1. The van der Waals surface area contributed by atoms with E-state index in [1.807, 2.05) is 12.1 Å². The monoisotopic (exact) mass is 504 g/mol. The lowest BCUT2D eigenvalue weighted by molar-refractivity contribution is 0.103. The SMILES string of the molecule is Oc1cc(-c2cnc3c(c2)OCCO3)ccc1-c1cnc(N(C2CC2)[C@@H]2C[C@@H]3CCC[C@H](N3)[C@@H]2F)nn1. The van der Waals surface area contributed by atoms with E-state index in [0.717, 1.165) is 49.7 Å². The third-order valence-corrected chi connectivity index (χ3v) is 7.88. The summed E-state index contributed by atoms with van der Waals surface area (Å²) in [7, 11) is 0. The van der Waals surface area contributed by atoms with Gasteiger partial charge in [0.1, 0.15) is 30.8 Å². The highest BCUT2D eigenvalue weighted by atomic mass is 19.1. The molecule has 3 aliphatic heterocycles. The summed E-state index contributed by atoms with van der Waals surface area (Å²) in [6, 6.07) is 7.48. The smallest absolute Gasteiger partial charge is 0.257 e. The minimum atomic E-state index is -0.952. The first-order chi connectivity index (χ1) is 18.1. The van der Waals surface area contributed by atoms with Crippen LogP contribution in [-0.4, -0.2) is 68.8 Å². The largest absolute Gasteiger partial charge is 0.507 e. The summed E-state index contributed by atoms with van der Waals surface area (Å²) in [5, 5.41) is 23.1. The summed E-state index contributed by atoms with van der Waals surface area (Å²) in [5.74, 6) is 1.60. The van der Waals surface area contributed by atoms with E-state index in [2.05, 4.69) is 30.4 Å². The Morgan fingerprint density at radius 1 is 0.973 bits per heavy atom. The number of phenols is 1. The van der Waals surface area contributed by atoms with Crippen LogP contribution in [0.25, 0.3) is 22.4 Å². The molecule has 3 aromatic rings. The van der Waals surface area contributed by atoms with Gasteiger partial charge in [0.05, 0.1) is 12.2 Å². The van der Waals surface area contributed by atoms with Crippen molar-refractivity contribution in [3.05, 3.63) is 36.7 Å². The van der Waals surface area contributed by atoms with Crippen LogP contribution in [0, 0.1) is 0 Å². The summed E-state index contributed by atoms with van der Waals surface area (Å²) in [4.78, 5) is 11.0. The van der Waals surface area contributed by atoms with Crippen molar-refractivity contribution >= 4 is 5.95 Å². The average molecular weight is 505 g/mol. The van der Waals surface area contributed by atoms with Gasteiger partial charge in [0.25, 0.3) is 5.88 Å². The van der Waals surface area contributed by atoms with Crippen LogP contribution >= 0.6 is 0 Å². The lowest BCUT2D eigenvalue weighted by Crippen LogP contribution is -2.62. The Morgan fingerprint density at radius 3 is 2.68 bits per heavy atom. The summed E-state index contributed by atoms with van der Waals surface area (Å²) < 4.78 is 26.6. The molecule has 1 aliphatic carbocycles. The Balaban J connectivity index is 1.13.